The Balaban J connectivity index is 1.84. The SMILES string of the molecule is CC1CN(C(=O)CC2CCNC2)CC(CO)O1. The lowest BCUT2D eigenvalue weighted by Gasteiger charge is -2.36. The van der Waals surface area contributed by atoms with Gasteiger partial charge in [0, 0.05) is 19.5 Å². The van der Waals surface area contributed by atoms with Gasteiger partial charge >= 0.3 is 0 Å². The molecule has 98 valence electrons. The monoisotopic (exact) mass is 242 g/mol. The molecule has 0 aromatic carbocycles. The van der Waals surface area contributed by atoms with Gasteiger partial charge in [-0.3, -0.25) is 4.79 Å². The van der Waals surface area contributed by atoms with Crippen molar-refractivity contribution >= 4 is 5.91 Å². The first-order chi connectivity index (χ1) is 8.19. The third-order valence-electron chi connectivity index (χ3n) is 3.51. The Morgan fingerprint density at radius 1 is 1.53 bits per heavy atom. The molecule has 0 aromatic rings. The van der Waals surface area contributed by atoms with Crippen LogP contribution in [0.15, 0.2) is 0 Å². The number of aliphatic hydroxyl groups is 1. The van der Waals surface area contributed by atoms with E-state index in [1.54, 1.807) is 0 Å². The highest BCUT2D eigenvalue weighted by molar-refractivity contribution is 5.76. The normalized spacial score (nSPS) is 34.0. The second-order valence-corrected chi connectivity index (χ2v) is 5.11. The molecule has 2 aliphatic rings. The third-order valence-corrected chi connectivity index (χ3v) is 3.51. The average Bonchev–Trinajstić information content (AvgIpc) is 2.81. The van der Waals surface area contributed by atoms with E-state index >= 15 is 0 Å². The van der Waals surface area contributed by atoms with Gasteiger partial charge in [0.2, 0.25) is 5.91 Å². The first kappa shape index (κ1) is 12.8. The largest absolute Gasteiger partial charge is 0.394 e. The van der Waals surface area contributed by atoms with E-state index in [1.807, 2.05) is 11.8 Å². The molecule has 2 rings (SSSR count). The van der Waals surface area contributed by atoms with Crippen LogP contribution in [0.4, 0.5) is 0 Å². The molecule has 0 aliphatic carbocycles. The maximum absolute atomic E-state index is 12.1. The second kappa shape index (κ2) is 5.80. The van der Waals surface area contributed by atoms with E-state index in [2.05, 4.69) is 5.32 Å². The van der Waals surface area contributed by atoms with Gasteiger partial charge < -0.3 is 20.1 Å². The summed E-state index contributed by atoms with van der Waals surface area (Å²) in [6.07, 6.45) is 1.52. The van der Waals surface area contributed by atoms with Gasteiger partial charge in [-0.2, -0.15) is 0 Å². The molecule has 0 saturated carbocycles. The first-order valence-electron chi connectivity index (χ1n) is 6.44. The molecule has 2 saturated heterocycles. The highest BCUT2D eigenvalue weighted by atomic mass is 16.5. The summed E-state index contributed by atoms with van der Waals surface area (Å²) >= 11 is 0. The van der Waals surface area contributed by atoms with Crippen molar-refractivity contribution in [3.63, 3.8) is 0 Å². The van der Waals surface area contributed by atoms with Crippen molar-refractivity contribution < 1.29 is 14.6 Å². The predicted octanol–water partition coefficient (Wildman–Crippen LogP) is -0.406. The quantitative estimate of drug-likeness (QED) is 0.706. The van der Waals surface area contributed by atoms with Crippen LogP contribution in [0, 0.1) is 5.92 Å². The Morgan fingerprint density at radius 3 is 3.00 bits per heavy atom. The number of carbonyl (C=O) groups is 1. The highest BCUT2D eigenvalue weighted by Crippen LogP contribution is 2.17. The fourth-order valence-corrected chi connectivity index (χ4v) is 2.61. The van der Waals surface area contributed by atoms with E-state index < -0.39 is 0 Å². The number of ether oxygens (including phenoxy) is 1. The predicted molar refractivity (Wildman–Crippen MR) is 63.6 cm³/mol. The van der Waals surface area contributed by atoms with E-state index in [0.717, 1.165) is 19.5 Å². The zero-order valence-electron chi connectivity index (χ0n) is 10.4. The van der Waals surface area contributed by atoms with E-state index in [4.69, 9.17) is 9.84 Å². The van der Waals surface area contributed by atoms with Crippen LogP contribution in [-0.2, 0) is 9.53 Å². The number of aliphatic hydroxyl groups excluding tert-OH is 1. The minimum atomic E-state index is -0.218. The highest BCUT2D eigenvalue weighted by Gasteiger charge is 2.29. The molecule has 17 heavy (non-hydrogen) atoms. The van der Waals surface area contributed by atoms with Gasteiger partial charge in [0.05, 0.1) is 18.8 Å². The lowest BCUT2D eigenvalue weighted by molar-refractivity contribution is -0.147. The van der Waals surface area contributed by atoms with Gasteiger partial charge in [-0.05, 0) is 32.4 Å². The molecule has 2 aliphatic heterocycles. The Morgan fingerprint density at radius 2 is 2.35 bits per heavy atom. The number of nitrogens with zero attached hydrogens (tertiary/aromatic N) is 1. The van der Waals surface area contributed by atoms with Gasteiger partial charge in [-0.1, -0.05) is 0 Å². The summed E-state index contributed by atoms with van der Waals surface area (Å²) in [6, 6.07) is 0. The summed E-state index contributed by atoms with van der Waals surface area (Å²) < 4.78 is 5.53. The van der Waals surface area contributed by atoms with E-state index in [9.17, 15) is 4.79 Å². The molecule has 2 heterocycles. The summed E-state index contributed by atoms with van der Waals surface area (Å²) in [5.41, 5.74) is 0. The molecule has 3 unspecified atom stereocenters. The molecule has 1 amide bonds. The smallest absolute Gasteiger partial charge is 0.223 e. The zero-order valence-corrected chi connectivity index (χ0v) is 10.4. The maximum atomic E-state index is 12.1. The van der Waals surface area contributed by atoms with Crippen LogP contribution in [0.2, 0.25) is 0 Å². The standard InChI is InChI=1S/C12H22N2O3/c1-9-6-14(7-11(8-15)17-9)12(16)4-10-2-3-13-5-10/h9-11,13,15H,2-8H2,1H3. The van der Waals surface area contributed by atoms with Crippen molar-refractivity contribution in [1.29, 1.82) is 0 Å². The summed E-state index contributed by atoms with van der Waals surface area (Å²) in [5, 5.41) is 12.4. The van der Waals surface area contributed by atoms with E-state index in [0.29, 0.717) is 25.4 Å². The van der Waals surface area contributed by atoms with Crippen LogP contribution in [0.3, 0.4) is 0 Å². The van der Waals surface area contributed by atoms with E-state index in [1.165, 1.54) is 0 Å². The summed E-state index contributed by atoms with van der Waals surface area (Å²) in [7, 11) is 0. The van der Waals surface area contributed by atoms with Gasteiger partial charge in [-0.15, -0.1) is 0 Å². The first-order valence-corrected chi connectivity index (χ1v) is 6.44. The molecule has 2 N–H and O–H groups in total. The molecule has 5 nitrogen and oxygen atoms in total. The van der Waals surface area contributed by atoms with Crippen molar-refractivity contribution in [1.82, 2.24) is 10.2 Å². The van der Waals surface area contributed by atoms with Crippen LogP contribution in [0.25, 0.3) is 0 Å². The molecule has 0 spiro atoms. The Kier molecular flexibility index (Phi) is 4.36. The number of amides is 1. The van der Waals surface area contributed by atoms with E-state index in [-0.39, 0.29) is 24.7 Å². The van der Waals surface area contributed by atoms with Crippen molar-refractivity contribution in [3.05, 3.63) is 0 Å². The maximum Gasteiger partial charge on any atom is 0.223 e. The molecule has 0 bridgehead atoms. The Hall–Kier alpha value is -0.650. The van der Waals surface area contributed by atoms with Gasteiger partial charge in [-0.25, -0.2) is 0 Å². The van der Waals surface area contributed by atoms with Crippen LogP contribution in [-0.4, -0.2) is 60.9 Å². The number of morpholine rings is 1. The fourth-order valence-electron chi connectivity index (χ4n) is 2.61. The van der Waals surface area contributed by atoms with Crippen LogP contribution < -0.4 is 5.32 Å². The average molecular weight is 242 g/mol. The van der Waals surface area contributed by atoms with Crippen LogP contribution >= 0.6 is 0 Å². The molecule has 3 atom stereocenters. The van der Waals surface area contributed by atoms with Crippen LogP contribution in [0.5, 0.6) is 0 Å². The zero-order chi connectivity index (χ0) is 12.3. The summed E-state index contributed by atoms with van der Waals surface area (Å²) in [4.78, 5) is 14.0. The lowest BCUT2D eigenvalue weighted by atomic mass is 10.0. The fraction of sp³-hybridized carbons (Fsp3) is 0.917. The van der Waals surface area contributed by atoms with Crippen molar-refractivity contribution in [3.8, 4) is 0 Å². The van der Waals surface area contributed by atoms with Crippen LogP contribution in [0.1, 0.15) is 19.8 Å². The van der Waals surface area contributed by atoms with Gasteiger partial charge in [0.15, 0.2) is 0 Å². The molecule has 5 heteroatoms. The number of rotatable bonds is 3. The third kappa shape index (κ3) is 3.40. The lowest BCUT2D eigenvalue weighted by Crippen LogP contribution is -2.50. The minimum absolute atomic E-state index is 0.0148. The molecular weight excluding hydrogens is 220 g/mol. The minimum Gasteiger partial charge on any atom is -0.394 e. The van der Waals surface area contributed by atoms with Gasteiger partial charge in [0.25, 0.3) is 0 Å². The summed E-state index contributed by atoms with van der Waals surface area (Å²) in [5.74, 6) is 0.681. The summed E-state index contributed by atoms with van der Waals surface area (Å²) in [6.45, 7) is 5.08. The molecular formula is C12H22N2O3. The van der Waals surface area contributed by atoms with Crippen molar-refractivity contribution in [2.75, 3.05) is 32.8 Å². The number of hydrogen-bond acceptors (Lipinski definition) is 4. The molecule has 0 aromatic heterocycles. The topological polar surface area (TPSA) is 61.8 Å². The molecule has 2 fully saturated rings. The number of nitrogens with one attached hydrogen (secondary N) is 1. The number of carbonyl (C=O) groups excluding carboxylic acids is 1. The van der Waals surface area contributed by atoms with Crippen molar-refractivity contribution in [2.45, 2.75) is 32.0 Å². The second-order valence-electron chi connectivity index (χ2n) is 5.11. The molecule has 0 radical (unpaired) electrons. The van der Waals surface area contributed by atoms with Gasteiger partial charge in [0.1, 0.15) is 0 Å². The number of hydrogen-bond donors (Lipinski definition) is 2. The van der Waals surface area contributed by atoms with Crippen molar-refractivity contribution in [2.24, 2.45) is 5.92 Å². The Labute approximate surface area is 102 Å². The Bertz CT molecular complexity index is 266.